The maximum Gasteiger partial charge on any atom is 0.315 e. The molecule has 0 aliphatic carbocycles. The first-order valence-electron chi connectivity index (χ1n) is 17.2. The van der Waals surface area contributed by atoms with Gasteiger partial charge in [-0.15, -0.1) is 0 Å². The van der Waals surface area contributed by atoms with Crippen LogP contribution in [0, 0.1) is 5.92 Å². The van der Waals surface area contributed by atoms with Gasteiger partial charge in [0.15, 0.2) is 6.29 Å². The number of nitrogens with zero attached hydrogens (tertiary/aromatic N) is 1. The van der Waals surface area contributed by atoms with Crippen molar-refractivity contribution < 1.29 is 24.5 Å². The van der Waals surface area contributed by atoms with Crippen molar-refractivity contribution in [3.8, 4) is 11.1 Å². The number of nitrogens with one attached hydrogen (secondary N) is 2. The summed E-state index contributed by atoms with van der Waals surface area (Å²) in [6.07, 6.45) is 0.373. The Morgan fingerprint density at radius 1 is 0.878 bits per heavy atom. The van der Waals surface area contributed by atoms with Crippen molar-refractivity contribution in [1.82, 2.24) is 15.5 Å². The Bertz CT molecular complexity index is 1670. The molecule has 2 saturated heterocycles. The van der Waals surface area contributed by atoms with E-state index in [1.165, 1.54) is 0 Å². The number of hydrogen-bond acceptors (Lipinski definition) is 6. The number of carbonyl (C=O) groups excluding carboxylic acids is 1. The van der Waals surface area contributed by atoms with E-state index in [9.17, 15) is 15.0 Å². The number of ether oxygens (including phenoxy) is 2. The summed E-state index contributed by atoms with van der Waals surface area (Å²) in [6.45, 7) is 7.30. The molecule has 0 aromatic heterocycles. The molecule has 2 amide bonds. The van der Waals surface area contributed by atoms with Gasteiger partial charge in [-0.05, 0) is 71.3 Å². The molecule has 6 rings (SSSR count). The molecule has 0 saturated carbocycles. The Balaban J connectivity index is 1.17. The molecule has 2 aliphatic rings. The second kappa shape index (κ2) is 15.9. The molecule has 2 aliphatic heterocycles. The van der Waals surface area contributed by atoms with Gasteiger partial charge >= 0.3 is 6.03 Å². The number of hydrogen-bond donors (Lipinski definition) is 4. The van der Waals surface area contributed by atoms with Gasteiger partial charge in [0.25, 0.3) is 0 Å². The van der Waals surface area contributed by atoms with Gasteiger partial charge in [0.1, 0.15) is 0 Å². The highest BCUT2D eigenvalue weighted by Crippen LogP contribution is 2.43. The van der Waals surface area contributed by atoms with Gasteiger partial charge in [-0.3, -0.25) is 0 Å². The fourth-order valence-corrected chi connectivity index (χ4v) is 6.96. The second-order valence-corrected chi connectivity index (χ2v) is 13.6. The van der Waals surface area contributed by atoms with Gasteiger partial charge in [-0.1, -0.05) is 97.4 Å². The Morgan fingerprint density at radius 3 is 2.24 bits per heavy atom. The minimum Gasteiger partial charge on any atom is -0.392 e. The lowest BCUT2D eigenvalue weighted by Crippen LogP contribution is -2.49. The summed E-state index contributed by atoms with van der Waals surface area (Å²) in [6, 6.07) is 31.8. The largest absolute Gasteiger partial charge is 0.392 e. The summed E-state index contributed by atoms with van der Waals surface area (Å²) < 4.78 is 13.4. The van der Waals surface area contributed by atoms with Crippen LogP contribution in [-0.4, -0.2) is 53.4 Å². The van der Waals surface area contributed by atoms with Gasteiger partial charge < -0.3 is 35.2 Å². The Kier molecular flexibility index (Phi) is 11.3. The molecule has 0 radical (unpaired) electrons. The molecule has 258 valence electrons. The van der Waals surface area contributed by atoms with E-state index in [-0.39, 0.29) is 30.8 Å². The molecule has 0 bridgehead atoms. The van der Waals surface area contributed by atoms with Crippen molar-refractivity contribution in [2.45, 2.75) is 63.9 Å². The fraction of sp³-hybridized carbons (Fsp3) is 0.375. The third kappa shape index (κ3) is 8.52. The van der Waals surface area contributed by atoms with Crippen LogP contribution in [0.25, 0.3) is 11.1 Å². The lowest BCUT2D eigenvalue weighted by Gasteiger charge is -2.45. The number of benzene rings is 4. The molecule has 2 heterocycles. The molecule has 4 N–H and O–H groups in total. The Morgan fingerprint density at radius 2 is 1.57 bits per heavy atom. The van der Waals surface area contributed by atoms with Crippen LogP contribution >= 0.6 is 11.6 Å². The Hall–Kier alpha value is -3.76. The smallest absolute Gasteiger partial charge is 0.315 e. The van der Waals surface area contributed by atoms with Crippen LogP contribution < -0.4 is 10.6 Å². The Labute approximate surface area is 294 Å². The van der Waals surface area contributed by atoms with Crippen molar-refractivity contribution >= 4 is 17.6 Å². The van der Waals surface area contributed by atoms with Gasteiger partial charge in [0.05, 0.1) is 24.4 Å². The molecule has 4 unspecified atom stereocenters. The average molecular weight is 684 g/mol. The topological polar surface area (TPSA) is 103 Å². The fourth-order valence-electron chi connectivity index (χ4n) is 6.84. The number of likely N-dealkylation sites (tertiary alicyclic amines) is 1. The van der Waals surface area contributed by atoms with Crippen LogP contribution in [0.15, 0.2) is 97.1 Å². The number of aliphatic hydroxyl groups is 2. The number of amides is 2. The first kappa shape index (κ1) is 35.1. The molecule has 2 fully saturated rings. The molecule has 49 heavy (non-hydrogen) atoms. The molecular formula is C40H46ClN3O5. The van der Waals surface area contributed by atoms with E-state index in [1.54, 1.807) is 0 Å². The highest BCUT2D eigenvalue weighted by molar-refractivity contribution is 6.30. The lowest BCUT2D eigenvalue weighted by molar-refractivity contribution is -0.277. The first-order chi connectivity index (χ1) is 23.7. The third-order valence-electron chi connectivity index (χ3n) is 9.86. The van der Waals surface area contributed by atoms with Crippen molar-refractivity contribution in [3.05, 3.63) is 130 Å². The summed E-state index contributed by atoms with van der Waals surface area (Å²) in [4.78, 5) is 14.3. The van der Waals surface area contributed by atoms with E-state index in [4.69, 9.17) is 21.1 Å². The second-order valence-electron chi connectivity index (χ2n) is 13.2. The number of carbonyl (C=O) groups is 1. The highest BCUT2D eigenvalue weighted by Gasteiger charge is 2.41. The third-order valence-corrected chi connectivity index (χ3v) is 10.1. The number of aliphatic hydroxyl groups excluding tert-OH is 1. The number of rotatable bonds is 10. The summed E-state index contributed by atoms with van der Waals surface area (Å²) >= 11 is 6.10. The van der Waals surface area contributed by atoms with E-state index >= 15 is 0 Å². The van der Waals surface area contributed by atoms with Gasteiger partial charge in [-0.25, -0.2) is 4.79 Å². The minimum atomic E-state index is -0.871. The molecular weight excluding hydrogens is 638 g/mol. The number of urea groups is 1. The maximum atomic E-state index is 11.9. The van der Waals surface area contributed by atoms with E-state index in [0.717, 1.165) is 58.6 Å². The zero-order valence-corrected chi connectivity index (χ0v) is 28.9. The molecule has 4 aromatic rings. The number of halogens is 1. The van der Waals surface area contributed by atoms with Crippen molar-refractivity contribution in [2.24, 2.45) is 5.92 Å². The standard InChI is InChI=1S/C40H46ClN3O5/c1-3-42-39(46)43-24-29-5-4-6-33(23-29)30-11-13-32(14-12-30)38-48-36(27(2)37(49-38)31-9-7-28(26-45)8-10-31)25-44-21-19-40(47,20-22-44)34-15-17-35(41)18-16-34/h4-18,23,27,36-38,45,47H,3,19-22,24-26H2,1-2H3,(H2,42,43,46). The zero-order chi connectivity index (χ0) is 34.4. The van der Waals surface area contributed by atoms with Crippen LogP contribution in [-0.2, 0) is 28.2 Å². The predicted octanol–water partition coefficient (Wildman–Crippen LogP) is 7.09. The lowest BCUT2D eigenvalue weighted by atomic mass is 9.84. The minimum absolute atomic E-state index is 0.00694. The predicted molar refractivity (Wildman–Crippen MR) is 192 cm³/mol. The van der Waals surface area contributed by atoms with Crippen LogP contribution in [0.3, 0.4) is 0 Å². The van der Waals surface area contributed by atoms with Crippen LogP contribution in [0.2, 0.25) is 5.02 Å². The normalized spacial score (nSPS) is 22.4. The quantitative estimate of drug-likeness (QED) is 0.142. The molecule has 0 spiro atoms. The highest BCUT2D eigenvalue weighted by atomic mass is 35.5. The van der Waals surface area contributed by atoms with Crippen LogP contribution in [0.1, 0.15) is 66.9 Å². The van der Waals surface area contributed by atoms with Crippen LogP contribution in [0.5, 0.6) is 0 Å². The van der Waals surface area contributed by atoms with E-state index < -0.39 is 11.9 Å². The summed E-state index contributed by atoms with van der Waals surface area (Å²) in [7, 11) is 0. The van der Waals surface area contributed by atoms with Crippen molar-refractivity contribution in [1.29, 1.82) is 0 Å². The monoisotopic (exact) mass is 683 g/mol. The van der Waals surface area contributed by atoms with Gasteiger partial charge in [-0.2, -0.15) is 0 Å². The van der Waals surface area contributed by atoms with Gasteiger partial charge in [0, 0.05) is 49.2 Å². The number of piperidine rings is 1. The molecule has 9 heteroatoms. The maximum absolute atomic E-state index is 11.9. The molecule has 8 nitrogen and oxygen atoms in total. The summed E-state index contributed by atoms with van der Waals surface area (Å²) in [5.41, 5.74) is 6.01. The zero-order valence-electron chi connectivity index (χ0n) is 28.1. The van der Waals surface area contributed by atoms with E-state index in [1.807, 2.05) is 67.6 Å². The van der Waals surface area contributed by atoms with E-state index in [0.29, 0.717) is 31.0 Å². The summed E-state index contributed by atoms with van der Waals surface area (Å²) in [5, 5.41) is 27.4. The SMILES string of the molecule is CCNC(=O)NCc1cccc(-c2ccc(C3OC(CN4CCC(O)(c5ccc(Cl)cc5)CC4)C(C)C(c4ccc(CO)cc4)O3)cc2)c1. The van der Waals surface area contributed by atoms with E-state index in [2.05, 4.69) is 58.9 Å². The van der Waals surface area contributed by atoms with Gasteiger partial charge in [0.2, 0.25) is 0 Å². The van der Waals surface area contributed by atoms with Crippen LogP contribution in [0.4, 0.5) is 4.79 Å². The average Bonchev–Trinajstić information content (AvgIpc) is 3.13. The summed E-state index contributed by atoms with van der Waals surface area (Å²) in [5.74, 6) is 0.0586. The van der Waals surface area contributed by atoms with Crippen molar-refractivity contribution in [3.63, 3.8) is 0 Å². The molecule has 4 aromatic carbocycles. The first-order valence-corrected chi connectivity index (χ1v) is 17.5. The molecule has 4 atom stereocenters. The van der Waals surface area contributed by atoms with Crippen molar-refractivity contribution in [2.75, 3.05) is 26.2 Å².